The van der Waals surface area contributed by atoms with E-state index in [-0.39, 0.29) is 5.02 Å². The highest BCUT2D eigenvalue weighted by Crippen LogP contribution is 2.23. The topological polar surface area (TPSA) is 57.2 Å². The van der Waals surface area contributed by atoms with Gasteiger partial charge in [-0.2, -0.15) is 10.1 Å². The van der Waals surface area contributed by atoms with Crippen LogP contribution in [0.5, 0.6) is 0 Å². The molecule has 0 amide bonds. The van der Waals surface area contributed by atoms with Crippen LogP contribution < -0.4 is 15.1 Å². The summed E-state index contributed by atoms with van der Waals surface area (Å²) in [6.07, 6.45) is 1.53. The van der Waals surface area contributed by atoms with Crippen molar-refractivity contribution in [2.24, 2.45) is 0 Å². The molecule has 1 aromatic heterocycles. The molecule has 0 atom stereocenters. The van der Waals surface area contributed by atoms with E-state index in [1.54, 1.807) is 6.07 Å². The molecule has 3 aromatic rings. The van der Waals surface area contributed by atoms with Crippen molar-refractivity contribution in [1.29, 1.82) is 0 Å². The summed E-state index contributed by atoms with van der Waals surface area (Å²) in [4.78, 5) is 9.02. The highest BCUT2D eigenvalue weighted by Gasteiger charge is 2.20. The summed E-state index contributed by atoms with van der Waals surface area (Å²) in [5.41, 5.74) is 3.14. The largest absolute Gasteiger partial charge is 0.368 e. The van der Waals surface area contributed by atoms with Gasteiger partial charge in [-0.3, -0.25) is 0 Å². The summed E-state index contributed by atoms with van der Waals surface area (Å²) >= 11 is 5.83. The number of nitrogens with zero attached hydrogens (tertiary/aromatic N) is 5. The first-order chi connectivity index (χ1) is 13.6. The molecule has 0 spiro atoms. The van der Waals surface area contributed by atoms with E-state index in [9.17, 15) is 4.39 Å². The fourth-order valence-corrected chi connectivity index (χ4v) is 3.38. The first kappa shape index (κ1) is 18.4. The molecule has 0 radical (unpaired) electrons. The minimum atomic E-state index is -0.458. The minimum Gasteiger partial charge on any atom is -0.368 e. The lowest BCUT2D eigenvalue weighted by atomic mass is 10.2. The van der Waals surface area contributed by atoms with E-state index in [0.717, 1.165) is 26.2 Å². The summed E-state index contributed by atoms with van der Waals surface area (Å²) in [5.74, 6) is 0.649. The Bertz CT molecular complexity index is 974. The molecule has 1 N–H and O–H groups in total. The quantitative estimate of drug-likeness (QED) is 0.715. The third-order valence-corrected chi connectivity index (χ3v) is 4.96. The van der Waals surface area contributed by atoms with Crippen LogP contribution in [0.25, 0.3) is 0 Å². The monoisotopic (exact) mass is 398 g/mol. The fraction of sp³-hybridized carbons (Fsp3) is 0.250. The highest BCUT2D eigenvalue weighted by molar-refractivity contribution is 6.31. The van der Waals surface area contributed by atoms with Gasteiger partial charge in [-0.1, -0.05) is 23.7 Å². The zero-order valence-corrected chi connectivity index (χ0v) is 16.2. The molecule has 28 heavy (non-hydrogen) atoms. The Morgan fingerprint density at radius 2 is 1.82 bits per heavy atom. The summed E-state index contributed by atoms with van der Waals surface area (Å²) in [6, 6.07) is 13.0. The standard InChI is InChI=1S/C20H20ClFN6/c1-14-3-2-4-16(11-14)27-7-9-28(10-8-27)20-25-19(13-23-26-20)24-15-5-6-18(22)17(21)12-15/h2-6,11-13H,7-10H2,1H3,(H,24,25,26). The predicted molar refractivity (Wildman–Crippen MR) is 110 cm³/mol. The lowest BCUT2D eigenvalue weighted by molar-refractivity contribution is 0.628. The van der Waals surface area contributed by atoms with Crippen LogP contribution >= 0.6 is 11.6 Å². The van der Waals surface area contributed by atoms with Gasteiger partial charge in [0.25, 0.3) is 0 Å². The van der Waals surface area contributed by atoms with E-state index in [0.29, 0.717) is 17.5 Å². The Balaban J connectivity index is 1.43. The van der Waals surface area contributed by atoms with Gasteiger partial charge in [0.05, 0.1) is 11.2 Å². The first-order valence-electron chi connectivity index (χ1n) is 9.07. The van der Waals surface area contributed by atoms with E-state index in [2.05, 4.69) is 61.5 Å². The van der Waals surface area contributed by atoms with E-state index >= 15 is 0 Å². The first-order valence-corrected chi connectivity index (χ1v) is 9.45. The Hall–Kier alpha value is -2.93. The zero-order valence-electron chi connectivity index (χ0n) is 15.4. The molecule has 1 aliphatic rings. The molecular weight excluding hydrogens is 379 g/mol. The van der Waals surface area contributed by atoms with Crippen molar-refractivity contribution < 1.29 is 4.39 Å². The molecule has 144 valence electrons. The third kappa shape index (κ3) is 4.14. The van der Waals surface area contributed by atoms with Crippen molar-refractivity contribution in [3.63, 3.8) is 0 Å². The number of benzene rings is 2. The molecule has 0 unspecified atom stereocenters. The molecule has 0 aliphatic carbocycles. The zero-order chi connectivity index (χ0) is 19.5. The van der Waals surface area contributed by atoms with Crippen LogP contribution in [0.15, 0.2) is 48.7 Å². The van der Waals surface area contributed by atoms with Gasteiger partial charge >= 0.3 is 0 Å². The van der Waals surface area contributed by atoms with Gasteiger partial charge in [-0.25, -0.2) is 4.39 Å². The van der Waals surface area contributed by atoms with Gasteiger partial charge in [0.2, 0.25) is 5.95 Å². The van der Waals surface area contributed by atoms with E-state index < -0.39 is 5.82 Å². The van der Waals surface area contributed by atoms with Gasteiger partial charge in [-0.15, -0.1) is 5.10 Å². The van der Waals surface area contributed by atoms with Crippen molar-refractivity contribution in [2.75, 3.05) is 41.3 Å². The number of halogens is 2. The van der Waals surface area contributed by atoms with Crippen LogP contribution in [-0.2, 0) is 0 Å². The predicted octanol–water partition coefficient (Wildman–Crippen LogP) is 4.04. The van der Waals surface area contributed by atoms with Crippen LogP contribution in [0, 0.1) is 12.7 Å². The molecule has 4 rings (SSSR count). The van der Waals surface area contributed by atoms with E-state index in [1.807, 2.05) is 0 Å². The molecule has 0 saturated carbocycles. The molecule has 1 saturated heterocycles. The number of anilines is 4. The Morgan fingerprint density at radius 1 is 1.04 bits per heavy atom. The Labute approximate surface area is 168 Å². The normalized spacial score (nSPS) is 14.2. The molecule has 1 aliphatic heterocycles. The molecular formula is C20H20ClFN6. The highest BCUT2D eigenvalue weighted by atomic mass is 35.5. The molecule has 8 heteroatoms. The third-order valence-electron chi connectivity index (χ3n) is 4.67. The summed E-state index contributed by atoms with van der Waals surface area (Å²) in [5, 5.41) is 11.4. The summed E-state index contributed by atoms with van der Waals surface area (Å²) < 4.78 is 13.3. The maximum Gasteiger partial charge on any atom is 0.247 e. The SMILES string of the molecule is Cc1cccc(N2CCN(c3nncc(Nc4ccc(F)c(Cl)c4)n3)CC2)c1. The maximum absolute atomic E-state index is 13.3. The van der Waals surface area contributed by atoms with Gasteiger partial charge in [-0.05, 0) is 42.8 Å². The number of piperazine rings is 1. The van der Waals surface area contributed by atoms with Crippen molar-refractivity contribution in [3.8, 4) is 0 Å². The van der Waals surface area contributed by atoms with Crippen LogP contribution in [-0.4, -0.2) is 41.4 Å². The number of aryl methyl sites for hydroxylation is 1. The lowest BCUT2D eigenvalue weighted by Gasteiger charge is -2.36. The second kappa shape index (κ2) is 7.98. The molecule has 2 aromatic carbocycles. The fourth-order valence-electron chi connectivity index (χ4n) is 3.20. The smallest absolute Gasteiger partial charge is 0.247 e. The van der Waals surface area contributed by atoms with Gasteiger partial charge < -0.3 is 15.1 Å². The van der Waals surface area contributed by atoms with Crippen LogP contribution in [0.4, 0.5) is 27.5 Å². The van der Waals surface area contributed by atoms with E-state index in [1.165, 1.54) is 29.6 Å². The molecule has 0 bridgehead atoms. The van der Waals surface area contributed by atoms with E-state index in [4.69, 9.17) is 11.6 Å². The van der Waals surface area contributed by atoms with Crippen LogP contribution in [0.1, 0.15) is 5.56 Å². The van der Waals surface area contributed by atoms with Gasteiger partial charge in [0.1, 0.15) is 5.82 Å². The number of hydrogen-bond acceptors (Lipinski definition) is 6. The number of hydrogen-bond donors (Lipinski definition) is 1. The molecule has 6 nitrogen and oxygen atoms in total. The van der Waals surface area contributed by atoms with Crippen molar-refractivity contribution >= 4 is 34.7 Å². The second-order valence-electron chi connectivity index (χ2n) is 6.71. The molecule has 2 heterocycles. The van der Waals surface area contributed by atoms with Crippen LogP contribution in [0.2, 0.25) is 5.02 Å². The van der Waals surface area contributed by atoms with Gasteiger partial charge in [0, 0.05) is 37.6 Å². The van der Waals surface area contributed by atoms with Crippen molar-refractivity contribution in [3.05, 3.63) is 65.1 Å². The number of aromatic nitrogens is 3. The number of nitrogens with one attached hydrogen (secondary N) is 1. The molecule has 1 fully saturated rings. The maximum atomic E-state index is 13.3. The lowest BCUT2D eigenvalue weighted by Crippen LogP contribution is -2.47. The average Bonchev–Trinajstić information content (AvgIpc) is 2.71. The Kier molecular flexibility index (Phi) is 5.25. The van der Waals surface area contributed by atoms with Crippen molar-refractivity contribution in [2.45, 2.75) is 6.92 Å². The second-order valence-corrected chi connectivity index (χ2v) is 7.12. The Morgan fingerprint density at radius 3 is 2.57 bits per heavy atom. The summed E-state index contributed by atoms with van der Waals surface area (Å²) in [7, 11) is 0. The summed E-state index contributed by atoms with van der Waals surface area (Å²) in [6.45, 7) is 5.49. The van der Waals surface area contributed by atoms with Gasteiger partial charge in [0.15, 0.2) is 5.82 Å². The van der Waals surface area contributed by atoms with Crippen molar-refractivity contribution in [1.82, 2.24) is 15.2 Å². The minimum absolute atomic E-state index is 0.0551. The van der Waals surface area contributed by atoms with Crippen LogP contribution in [0.3, 0.4) is 0 Å². The number of rotatable bonds is 4. The average molecular weight is 399 g/mol.